The highest BCUT2D eigenvalue weighted by atomic mass is 35.5. The van der Waals surface area contributed by atoms with Crippen molar-refractivity contribution >= 4 is 27.3 Å². The molecule has 8 heteroatoms. The van der Waals surface area contributed by atoms with Crippen LogP contribution in [-0.4, -0.2) is 23.0 Å². The number of aryl methyl sites for hydroxylation is 1. The number of nitrogens with zero attached hydrogens (tertiary/aromatic N) is 3. The molecule has 0 amide bonds. The summed E-state index contributed by atoms with van der Waals surface area (Å²) in [5, 5.41) is 8.52. The minimum atomic E-state index is -3.93. The zero-order valence-corrected chi connectivity index (χ0v) is 9.25. The summed E-state index contributed by atoms with van der Waals surface area (Å²) in [6.45, 7) is 1.72. The molecule has 0 aliphatic rings. The number of sulfonamides is 1. The first-order valence-electron chi connectivity index (χ1n) is 3.94. The van der Waals surface area contributed by atoms with Gasteiger partial charge in [0, 0.05) is 0 Å². The molecule has 0 atom stereocenters. The van der Waals surface area contributed by atoms with E-state index < -0.39 is 10.0 Å². The number of nitrogens with two attached hydrogens (primary N) is 1. The van der Waals surface area contributed by atoms with E-state index in [1.54, 1.807) is 19.1 Å². The van der Waals surface area contributed by atoms with Crippen LogP contribution in [0.2, 0.25) is 5.15 Å². The summed E-state index contributed by atoms with van der Waals surface area (Å²) in [5.41, 5.74) is 0.982. The summed E-state index contributed by atoms with van der Waals surface area (Å²) >= 11 is 5.67. The van der Waals surface area contributed by atoms with E-state index in [9.17, 15) is 8.42 Å². The second-order valence-electron chi connectivity index (χ2n) is 3.00. The Balaban J connectivity index is 2.95. The third kappa shape index (κ3) is 1.69. The molecule has 0 fully saturated rings. The zero-order valence-electron chi connectivity index (χ0n) is 7.68. The Morgan fingerprint density at radius 2 is 2.13 bits per heavy atom. The lowest BCUT2D eigenvalue weighted by molar-refractivity contribution is 0.589. The first-order valence-corrected chi connectivity index (χ1v) is 5.87. The van der Waals surface area contributed by atoms with Crippen LogP contribution in [0.3, 0.4) is 0 Å². The summed E-state index contributed by atoms with van der Waals surface area (Å²) in [7, 11) is -3.93. The fourth-order valence-corrected chi connectivity index (χ4v) is 2.36. The van der Waals surface area contributed by atoms with Crippen LogP contribution in [0.15, 0.2) is 17.2 Å². The minimum Gasteiger partial charge on any atom is -0.223 e. The number of hydrogen-bond donors (Lipinski definition) is 1. The molecule has 0 aliphatic heterocycles. The van der Waals surface area contributed by atoms with E-state index in [-0.39, 0.29) is 10.2 Å². The van der Waals surface area contributed by atoms with E-state index >= 15 is 0 Å². The Morgan fingerprint density at radius 1 is 1.47 bits per heavy atom. The van der Waals surface area contributed by atoms with Gasteiger partial charge in [0.25, 0.3) is 10.0 Å². The summed E-state index contributed by atoms with van der Waals surface area (Å²) in [4.78, 5) is 3.83. The lowest BCUT2D eigenvalue weighted by Gasteiger charge is -1.98. The number of fused-ring (bicyclic) bond motifs is 1. The van der Waals surface area contributed by atoms with Gasteiger partial charge in [0.05, 0.1) is 5.69 Å². The van der Waals surface area contributed by atoms with Crippen molar-refractivity contribution < 1.29 is 8.42 Å². The fraction of sp³-hybridized carbons (Fsp3) is 0.143. The van der Waals surface area contributed by atoms with Gasteiger partial charge >= 0.3 is 0 Å². The SMILES string of the molecule is Cc1ccc2nc(Cl)c(S(N)(=O)=O)n2n1. The normalized spacial score (nSPS) is 12.2. The number of aromatic nitrogens is 3. The van der Waals surface area contributed by atoms with Gasteiger partial charge < -0.3 is 0 Å². The fourth-order valence-electron chi connectivity index (χ4n) is 1.22. The maximum Gasteiger partial charge on any atom is 0.258 e. The molecule has 80 valence electrons. The highest BCUT2D eigenvalue weighted by Crippen LogP contribution is 2.20. The minimum absolute atomic E-state index is 0.171. The molecule has 0 unspecified atom stereocenters. The summed E-state index contributed by atoms with van der Waals surface area (Å²) in [6, 6.07) is 3.31. The van der Waals surface area contributed by atoms with Crippen molar-refractivity contribution in [3.63, 3.8) is 0 Å². The van der Waals surface area contributed by atoms with Crippen LogP contribution in [-0.2, 0) is 10.0 Å². The number of halogens is 1. The van der Waals surface area contributed by atoms with Crippen LogP contribution in [0.5, 0.6) is 0 Å². The molecule has 0 saturated heterocycles. The molecule has 6 nitrogen and oxygen atoms in total. The number of hydrogen-bond acceptors (Lipinski definition) is 4. The molecule has 0 spiro atoms. The molecule has 0 saturated carbocycles. The van der Waals surface area contributed by atoms with Crippen molar-refractivity contribution in [3.05, 3.63) is 23.0 Å². The van der Waals surface area contributed by atoms with E-state index in [1.165, 1.54) is 0 Å². The van der Waals surface area contributed by atoms with E-state index in [0.29, 0.717) is 11.3 Å². The molecule has 0 aromatic carbocycles. The van der Waals surface area contributed by atoms with Gasteiger partial charge in [-0.15, -0.1) is 0 Å². The number of rotatable bonds is 1. The Morgan fingerprint density at radius 3 is 2.73 bits per heavy atom. The van der Waals surface area contributed by atoms with E-state index in [2.05, 4.69) is 10.1 Å². The predicted octanol–water partition coefficient (Wildman–Crippen LogP) is 0.339. The molecule has 2 rings (SSSR count). The highest BCUT2D eigenvalue weighted by molar-refractivity contribution is 7.89. The van der Waals surface area contributed by atoms with Gasteiger partial charge in [-0.1, -0.05) is 11.6 Å². The zero-order chi connectivity index (χ0) is 11.2. The molecule has 0 radical (unpaired) electrons. The Kier molecular flexibility index (Phi) is 2.18. The van der Waals surface area contributed by atoms with Crippen LogP contribution in [0.4, 0.5) is 0 Å². The van der Waals surface area contributed by atoms with Gasteiger partial charge in [-0.05, 0) is 19.1 Å². The van der Waals surface area contributed by atoms with Crippen molar-refractivity contribution in [2.24, 2.45) is 5.14 Å². The monoisotopic (exact) mass is 246 g/mol. The van der Waals surface area contributed by atoms with Crippen LogP contribution >= 0.6 is 11.6 Å². The average molecular weight is 247 g/mol. The van der Waals surface area contributed by atoms with Crippen LogP contribution < -0.4 is 5.14 Å². The van der Waals surface area contributed by atoms with Gasteiger partial charge in [0.2, 0.25) is 5.03 Å². The largest absolute Gasteiger partial charge is 0.258 e. The van der Waals surface area contributed by atoms with Crippen molar-refractivity contribution in [3.8, 4) is 0 Å². The Hall–Kier alpha value is -1.18. The van der Waals surface area contributed by atoms with Crippen molar-refractivity contribution in [2.75, 3.05) is 0 Å². The lowest BCUT2D eigenvalue weighted by Crippen LogP contribution is -2.16. The second-order valence-corrected chi connectivity index (χ2v) is 4.83. The van der Waals surface area contributed by atoms with Crippen LogP contribution in [0, 0.1) is 6.92 Å². The second kappa shape index (κ2) is 3.16. The van der Waals surface area contributed by atoms with Crippen LogP contribution in [0.1, 0.15) is 5.69 Å². The summed E-state index contributed by atoms with van der Waals surface area (Å²) in [6.07, 6.45) is 0. The van der Waals surface area contributed by atoms with Crippen molar-refractivity contribution in [1.29, 1.82) is 0 Å². The third-order valence-electron chi connectivity index (χ3n) is 1.80. The first-order chi connectivity index (χ1) is 6.89. The van der Waals surface area contributed by atoms with Gasteiger partial charge in [0.1, 0.15) is 0 Å². The molecule has 2 aromatic rings. The molecule has 2 heterocycles. The quantitative estimate of drug-likeness (QED) is 0.786. The molecule has 15 heavy (non-hydrogen) atoms. The molecule has 2 aromatic heterocycles. The summed E-state index contributed by atoms with van der Waals surface area (Å²) < 4.78 is 23.6. The molecule has 2 N–H and O–H groups in total. The molecular weight excluding hydrogens is 240 g/mol. The van der Waals surface area contributed by atoms with E-state index in [0.717, 1.165) is 4.52 Å². The summed E-state index contributed by atoms with van der Waals surface area (Å²) in [5.74, 6) is 0. The average Bonchev–Trinajstić information content (AvgIpc) is 2.38. The maximum absolute atomic E-state index is 11.2. The smallest absolute Gasteiger partial charge is 0.223 e. The maximum atomic E-state index is 11.2. The Bertz CT molecular complexity index is 634. The van der Waals surface area contributed by atoms with Crippen molar-refractivity contribution in [1.82, 2.24) is 14.6 Å². The first kappa shape index (κ1) is 10.3. The Labute approximate surface area is 90.7 Å². The number of imidazole rings is 1. The van der Waals surface area contributed by atoms with E-state index in [1.807, 2.05) is 0 Å². The third-order valence-corrected chi connectivity index (χ3v) is 3.08. The number of primary sulfonamides is 1. The molecule has 0 bridgehead atoms. The van der Waals surface area contributed by atoms with Gasteiger partial charge in [-0.2, -0.15) is 9.61 Å². The van der Waals surface area contributed by atoms with Gasteiger partial charge in [-0.3, -0.25) is 0 Å². The van der Waals surface area contributed by atoms with Crippen molar-refractivity contribution in [2.45, 2.75) is 11.9 Å². The standard InChI is InChI=1S/C7H7ClN4O2S/c1-4-2-3-5-10-6(8)7(12(5)11-4)15(9,13)14/h2-3H,1H3,(H2,9,13,14). The predicted molar refractivity (Wildman–Crippen MR) is 54.1 cm³/mol. The van der Waals surface area contributed by atoms with Crippen LogP contribution in [0.25, 0.3) is 5.65 Å². The van der Waals surface area contributed by atoms with Gasteiger partial charge in [0.15, 0.2) is 10.8 Å². The topological polar surface area (TPSA) is 90.3 Å². The van der Waals surface area contributed by atoms with Gasteiger partial charge in [-0.25, -0.2) is 18.5 Å². The molecule has 0 aliphatic carbocycles. The van der Waals surface area contributed by atoms with E-state index in [4.69, 9.17) is 16.7 Å². The molecular formula is C7H7ClN4O2S. The highest BCUT2D eigenvalue weighted by Gasteiger charge is 2.21. The lowest BCUT2D eigenvalue weighted by atomic mass is 10.4.